The van der Waals surface area contributed by atoms with E-state index in [-0.39, 0.29) is 23.5 Å². The Morgan fingerprint density at radius 1 is 1.10 bits per heavy atom. The molecule has 2 aromatic rings. The van der Waals surface area contributed by atoms with E-state index in [1.165, 1.54) is 11.5 Å². The zero-order valence-electron chi connectivity index (χ0n) is 24.3. The topological polar surface area (TPSA) is 120 Å². The number of carbonyl (C=O) groups excluding carboxylic acids is 2. The Morgan fingerprint density at radius 3 is 2.50 bits per heavy atom. The van der Waals surface area contributed by atoms with Gasteiger partial charge in [0.2, 0.25) is 11.8 Å². The molecule has 42 heavy (non-hydrogen) atoms. The van der Waals surface area contributed by atoms with Crippen molar-refractivity contribution in [2.45, 2.75) is 38.3 Å². The molecule has 224 valence electrons. The molecule has 3 N–H and O–H groups in total. The second kappa shape index (κ2) is 13.6. The van der Waals surface area contributed by atoms with Gasteiger partial charge in [-0.2, -0.15) is 17.6 Å². The second-order valence-corrected chi connectivity index (χ2v) is 11.2. The number of likely N-dealkylation sites (N-methyl/N-ethyl adjacent to an activating group) is 1. The standard InChI is InChI=1S/C30H40N8O3S/c1-3-25-30(41-24-10-14-38(20-24)26(39)11-19-42)34-29(27(33-25)28(31)40)32-21-4-6-22(7-5-21)36-12-8-23(9-13-36)37-17-15-35(2)16-18-37/h4-8,11-12,19,23-24,42H,3,9-10,13-18,20H2,1-2H3,(H2,31,40)(H,32,34)/b19-11+/t23-,24-/m1/s1. The van der Waals surface area contributed by atoms with Crippen molar-refractivity contribution in [1.29, 1.82) is 0 Å². The lowest BCUT2D eigenvalue weighted by atomic mass is 10.1. The minimum absolute atomic E-state index is 0.0549. The van der Waals surface area contributed by atoms with Crippen molar-refractivity contribution in [3.05, 3.63) is 59.4 Å². The third kappa shape index (κ3) is 7.05. The molecule has 0 unspecified atom stereocenters. The largest absolute Gasteiger partial charge is 0.471 e. The number of nitrogens with one attached hydrogen (secondary N) is 1. The number of benzene rings is 1. The van der Waals surface area contributed by atoms with Gasteiger partial charge in [-0.15, -0.1) is 0 Å². The Morgan fingerprint density at radius 2 is 1.86 bits per heavy atom. The summed E-state index contributed by atoms with van der Waals surface area (Å²) < 4.78 is 6.20. The fraction of sp³-hybridized carbons (Fsp3) is 0.467. The number of aromatic nitrogens is 2. The van der Waals surface area contributed by atoms with E-state index in [4.69, 9.17) is 10.5 Å². The minimum atomic E-state index is -0.674. The number of hydrogen-bond donors (Lipinski definition) is 3. The molecule has 2 fully saturated rings. The highest BCUT2D eigenvalue weighted by molar-refractivity contribution is 7.83. The van der Waals surface area contributed by atoms with Crippen LogP contribution in [0.15, 0.2) is 48.0 Å². The van der Waals surface area contributed by atoms with Crippen molar-refractivity contribution in [2.75, 3.05) is 63.1 Å². The predicted molar refractivity (Wildman–Crippen MR) is 167 cm³/mol. The molecule has 0 radical (unpaired) electrons. The van der Waals surface area contributed by atoms with Crippen molar-refractivity contribution >= 4 is 41.6 Å². The number of nitrogens with zero attached hydrogens (tertiary/aromatic N) is 6. The van der Waals surface area contributed by atoms with Crippen LogP contribution in [0.4, 0.5) is 17.2 Å². The fourth-order valence-corrected chi connectivity index (χ4v) is 5.71. The van der Waals surface area contributed by atoms with E-state index in [0.717, 1.165) is 50.5 Å². The van der Waals surface area contributed by atoms with Crippen LogP contribution in [-0.4, -0.2) is 101 Å². The first kappa shape index (κ1) is 29.9. The molecule has 11 nitrogen and oxygen atoms in total. The number of primary amides is 1. The molecule has 4 heterocycles. The highest BCUT2D eigenvalue weighted by Crippen LogP contribution is 2.28. The summed E-state index contributed by atoms with van der Waals surface area (Å²) in [7, 11) is 2.18. The summed E-state index contributed by atoms with van der Waals surface area (Å²) >= 11 is 3.99. The molecular formula is C30H40N8O3S. The molecule has 5 rings (SSSR count). The number of aryl methyl sites for hydroxylation is 1. The van der Waals surface area contributed by atoms with E-state index in [2.05, 4.69) is 61.9 Å². The molecule has 12 heteroatoms. The molecule has 1 aromatic carbocycles. The first-order valence-corrected chi connectivity index (χ1v) is 15.1. The smallest absolute Gasteiger partial charge is 0.271 e. The Kier molecular flexibility index (Phi) is 9.65. The molecular weight excluding hydrogens is 552 g/mol. The lowest BCUT2D eigenvalue weighted by Crippen LogP contribution is -2.50. The summed E-state index contributed by atoms with van der Waals surface area (Å²) in [5.74, 6) is -0.214. The molecule has 0 aliphatic carbocycles. The van der Waals surface area contributed by atoms with Crippen molar-refractivity contribution in [3.8, 4) is 5.88 Å². The monoisotopic (exact) mass is 592 g/mol. The van der Waals surface area contributed by atoms with Gasteiger partial charge >= 0.3 is 0 Å². The molecule has 0 spiro atoms. The summed E-state index contributed by atoms with van der Waals surface area (Å²) in [6, 6.07) is 8.47. The van der Waals surface area contributed by atoms with Gasteiger partial charge in [0.15, 0.2) is 11.5 Å². The third-order valence-electron chi connectivity index (χ3n) is 8.07. The molecule has 1 aromatic heterocycles. The highest BCUT2D eigenvalue weighted by Gasteiger charge is 2.29. The molecule has 3 aliphatic rings. The zero-order valence-corrected chi connectivity index (χ0v) is 25.2. The van der Waals surface area contributed by atoms with E-state index >= 15 is 0 Å². The number of amides is 2. The molecule has 0 bridgehead atoms. The van der Waals surface area contributed by atoms with Crippen LogP contribution in [0.1, 0.15) is 35.9 Å². The first-order valence-electron chi connectivity index (χ1n) is 14.6. The second-order valence-electron chi connectivity index (χ2n) is 10.9. The van der Waals surface area contributed by atoms with Gasteiger partial charge in [0.05, 0.1) is 6.54 Å². The lowest BCUT2D eigenvalue weighted by molar-refractivity contribution is -0.125. The maximum atomic E-state index is 12.3. The quantitative estimate of drug-likeness (QED) is 0.298. The van der Waals surface area contributed by atoms with Crippen molar-refractivity contribution in [2.24, 2.45) is 5.73 Å². The van der Waals surface area contributed by atoms with Crippen LogP contribution in [-0.2, 0) is 11.2 Å². The molecule has 2 amide bonds. The molecule has 0 saturated carbocycles. The summed E-state index contributed by atoms with van der Waals surface area (Å²) in [4.78, 5) is 42.6. The van der Waals surface area contributed by atoms with Crippen molar-refractivity contribution in [1.82, 2.24) is 24.7 Å². The maximum Gasteiger partial charge on any atom is 0.271 e. The summed E-state index contributed by atoms with van der Waals surface area (Å²) in [5, 5.41) is 4.64. The summed E-state index contributed by atoms with van der Waals surface area (Å²) in [6.07, 6.45) is 7.94. The molecule has 2 saturated heterocycles. The zero-order chi connectivity index (χ0) is 29.6. The summed E-state index contributed by atoms with van der Waals surface area (Å²) in [5.41, 5.74) is 8.11. The van der Waals surface area contributed by atoms with Gasteiger partial charge in [0.1, 0.15) is 11.8 Å². The normalized spacial score (nSPS) is 21.7. The van der Waals surface area contributed by atoms with Gasteiger partial charge < -0.3 is 30.5 Å². The van der Waals surface area contributed by atoms with Gasteiger partial charge in [0, 0.05) is 75.4 Å². The number of likely N-dealkylation sites (tertiary alicyclic amines) is 1. The number of thiol groups is 1. The Bertz CT molecular complexity index is 1330. The predicted octanol–water partition coefficient (Wildman–Crippen LogP) is 2.64. The van der Waals surface area contributed by atoms with E-state index < -0.39 is 5.91 Å². The van der Waals surface area contributed by atoms with E-state index in [1.54, 1.807) is 4.90 Å². The first-order chi connectivity index (χ1) is 20.3. The maximum absolute atomic E-state index is 12.3. The lowest BCUT2D eigenvalue weighted by Gasteiger charge is -2.39. The van der Waals surface area contributed by atoms with Crippen LogP contribution < -0.4 is 20.7 Å². The highest BCUT2D eigenvalue weighted by atomic mass is 32.1. The third-order valence-corrected chi connectivity index (χ3v) is 8.22. The van der Waals surface area contributed by atoms with Crippen molar-refractivity contribution in [3.63, 3.8) is 0 Å². The van der Waals surface area contributed by atoms with Crippen LogP contribution in [0.5, 0.6) is 5.88 Å². The van der Waals surface area contributed by atoms with Crippen LogP contribution in [0.25, 0.3) is 0 Å². The number of rotatable bonds is 9. The Balaban J connectivity index is 1.27. The van der Waals surface area contributed by atoms with Crippen LogP contribution >= 0.6 is 12.6 Å². The Hall–Kier alpha value is -3.61. The Labute approximate surface area is 252 Å². The van der Waals surface area contributed by atoms with Gasteiger partial charge in [-0.3, -0.25) is 14.5 Å². The fourth-order valence-electron chi connectivity index (χ4n) is 5.58. The van der Waals surface area contributed by atoms with E-state index in [1.807, 2.05) is 31.2 Å². The molecule has 3 aliphatic heterocycles. The van der Waals surface area contributed by atoms with Crippen LogP contribution in [0, 0.1) is 0 Å². The van der Waals surface area contributed by atoms with Gasteiger partial charge in [0.25, 0.3) is 5.91 Å². The van der Waals surface area contributed by atoms with Crippen LogP contribution in [0.2, 0.25) is 0 Å². The summed E-state index contributed by atoms with van der Waals surface area (Å²) in [6.45, 7) is 8.34. The number of piperazine rings is 1. The van der Waals surface area contributed by atoms with E-state index in [0.29, 0.717) is 43.5 Å². The average Bonchev–Trinajstić information content (AvgIpc) is 3.47. The van der Waals surface area contributed by atoms with Gasteiger partial charge in [-0.05, 0) is 49.6 Å². The number of nitrogens with two attached hydrogens (primary N) is 1. The number of anilines is 3. The molecule has 2 atom stereocenters. The average molecular weight is 593 g/mol. The van der Waals surface area contributed by atoms with Crippen molar-refractivity contribution < 1.29 is 14.3 Å². The van der Waals surface area contributed by atoms with Crippen LogP contribution in [0.3, 0.4) is 0 Å². The minimum Gasteiger partial charge on any atom is -0.471 e. The SMILES string of the molecule is CCc1nc(C(N)=O)c(Nc2ccc(N3C=C[C@@H](N4CCN(C)CC4)CC3)cc2)nc1O[C@@H]1CCN(C(=O)/C=C/S)C1. The van der Waals surface area contributed by atoms with Gasteiger partial charge in [-0.1, -0.05) is 13.0 Å². The number of carbonyl (C=O) groups is 2. The van der Waals surface area contributed by atoms with E-state index in [9.17, 15) is 9.59 Å². The number of ether oxygens (including phenoxy) is 1. The number of hydrogen-bond acceptors (Lipinski definition) is 10. The van der Waals surface area contributed by atoms with Gasteiger partial charge in [-0.25, -0.2) is 4.98 Å².